The van der Waals surface area contributed by atoms with Crippen LogP contribution in [-0.2, 0) is 13.0 Å². The van der Waals surface area contributed by atoms with Crippen molar-refractivity contribution >= 4 is 11.5 Å². The van der Waals surface area contributed by atoms with E-state index in [1.807, 2.05) is 32.2 Å². The van der Waals surface area contributed by atoms with Crippen molar-refractivity contribution in [3.8, 4) is 17.0 Å². The molecule has 0 aliphatic carbocycles. The first-order valence-electron chi connectivity index (χ1n) is 10.1. The van der Waals surface area contributed by atoms with Gasteiger partial charge in [-0.3, -0.25) is 9.78 Å². The number of aryl methyl sites for hydroxylation is 1. The van der Waals surface area contributed by atoms with E-state index in [1.54, 1.807) is 13.3 Å². The van der Waals surface area contributed by atoms with Crippen molar-refractivity contribution in [2.75, 3.05) is 18.6 Å². The first-order valence-corrected chi connectivity index (χ1v) is 10.1. The molecule has 4 aromatic rings. The summed E-state index contributed by atoms with van der Waals surface area (Å²) in [6.45, 7) is 5.46. The minimum Gasteiger partial charge on any atom is -0.481 e. The Morgan fingerprint density at radius 2 is 1.90 bits per heavy atom. The van der Waals surface area contributed by atoms with Crippen molar-refractivity contribution < 1.29 is 4.74 Å². The van der Waals surface area contributed by atoms with Gasteiger partial charge in [-0.25, -0.2) is 9.97 Å². The molecule has 31 heavy (non-hydrogen) atoms. The maximum absolute atomic E-state index is 12.2. The molecule has 0 bridgehead atoms. The highest BCUT2D eigenvalue weighted by Crippen LogP contribution is 2.31. The van der Waals surface area contributed by atoms with Crippen LogP contribution in [0.3, 0.4) is 0 Å². The number of methoxy groups -OCH3 is 1. The van der Waals surface area contributed by atoms with Gasteiger partial charge in [-0.05, 0) is 48.7 Å². The molecular formula is C23H22N6O2. The number of hydrogen-bond donors (Lipinski definition) is 0. The highest BCUT2D eigenvalue weighted by Gasteiger charge is 2.22. The van der Waals surface area contributed by atoms with E-state index < -0.39 is 0 Å². The summed E-state index contributed by atoms with van der Waals surface area (Å²) in [6.07, 6.45) is 6.00. The maximum atomic E-state index is 12.2. The first-order chi connectivity index (χ1) is 15.0. The molecule has 0 unspecified atom stereocenters. The maximum Gasteiger partial charge on any atom is 0.274 e. The predicted octanol–water partition coefficient (Wildman–Crippen LogP) is 2.73. The SMILES string of the molecule is COc1nccc(-c2cnc3c(c2)CN(c2nn4c(=O)ccnc4cc2C)CC3)c1C. The fourth-order valence-corrected chi connectivity index (χ4v) is 4.15. The van der Waals surface area contributed by atoms with Crippen LogP contribution in [0.5, 0.6) is 5.88 Å². The van der Waals surface area contributed by atoms with Gasteiger partial charge in [-0.15, -0.1) is 5.10 Å². The Kier molecular flexibility index (Phi) is 4.62. The second-order valence-corrected chi connectivity index (χ2v) is 7.70. The van der Waals surface area contributed by atoms with Crippen molar-refractivity contribution in [3.05, 3.63) is 75.6 Å². The molecule has 0 saturated heterocycles. The van der Waals surface area contributed by atoms with E-state index in [0.717, 1.165) is 52.3 Å². The van der Waals surface area contributed by atoms with Gasteiger partial charge in [0.2, 0.25) is 5.88 Å². The fraction of sp³-hybridized carbons (Fsp3) is 0.261. The third-order valence-electron chi connectivity index (χ3n) is 5.74. The zero-order valence-electron chi connectivity index (χ0n) is 17.7. The highest BCUT2D eigenvalue weighted by molar-refractivity contribution is 5.69. The lowest BCUT2D eigenvalue weighted by Gasteiger charge is -2.30. The van der Waals surface area contributed by atoms with Crippen molar-refractivity contribution in [2.45, 2.75) is 26.8 Å². The molecular weight excluding hydrogens is 392 g/mol. The molecule has 8 heteroatoms. The molecule has 1 aliphatic rings. The lowest BCUT2D eigenvalue weighted by atomic mass is 9.98. The number of hydrogen-bond acceptors (Lipinski definition) is 7. The van der Waals surface area contributed by atoms with Crippen LogP contribution < -0.4 is 15.2 Å². The van der Waals surface area contributed by atoms with Gasteiger partial charge in [0.05, 0.1) is 7.11 Å². The lowest BCUT2D eigenvalue weighted by molar-refractivity contribution is 0.395. The number of ether oxygens (including phenoxy) is 1. The van der Waals surface area contributed by atoms with Gasteiger partial charge in [-0.1, -0.05) is 0 Å². The Hall–Kier alpha value is -3.81. The van der Waals surface area contributed by atoms with Crippen LogP contribution in [0.15, 0.2) is 47.7 Å². The van der Waals surface area contributed by atoms with Crippen LogP contribution in [-0.4, -0.2) is 38.2 Å². The average molecular weight is 414 g/mol. The summed E-state index contributed by atoms with van der Waals surface area (Å²) < 4.78 is 6.73. The monoisotopic (exact) mass is 414 g/mol. The Bertz CT molecular complexity index is 1360. The van der Waals surface area contributed by atoms with Crippen molar-refractivity contribution in [1.82, 2.24) is 24.6 Å². The van der Waals surface area contributed by atoms with E-state index in [0.29, 0.717) is 18.1 Å². The van der Waals surface area contributed by atoms with Crippen LogP contribution in [0.1, 0.15) is 22.4 Å². The molecule has 1 aliphatic heterocycles. The van der Waals surface area contributed by atoms with E-state index in [1.165, 1.54) is 16.8 Å². The summed E-state index contributed by atoms with van der Waals surface area (Å²) in [6, 6.07) is 7.49. The van der Waals surface area contributed by atoms with E-state index in [-0.39, 0.29) is 5.56 Å². The number of aromatic nitrogens is 5. The summed E-state index contributed by atoms with van der Waals surface area (Å²) in [7, 11) is 1.63. The van der Waals surface area contributed by atoms with Crippen molar-refractivity contribution in [3.63, 3.8) is 0 Å². The van der Waals surface area contributed by atoms with Gasteiger partial charge in [0.1, 0.15) is 0 Å². The third kappa shape index (κ3) is 3.30. The number of rotatable bonds is 3. The minimum absolute atomic E-state index is 0.185. The number of fused-ring (bicyclic) bond motifs is 2. The van der Waals surface area contributed by atoms with E-state index in [2.05, 4.69) is 26.0 Å². The van der Waals surface area contributed by atoms with Crippen LogP contribution in [0, 0.1) is 13.8 Å². The zero-order chi connectivity index (χ0) is 21.5. The second kappa shape index (κ2) is 7.46. The first kappa shape index (κ1) is 19.2. The molecule has 156 valence electrons. The highest BCUT2D eigenvalue weighted by atomic mass is 16.5. The standard InChI is InChI=1S/C23H22N6O2/c1-14-10-20-24-8-5-21(30)29(20)27-22(14)28-9-6-19-17(13-28)11-16(12-26-19)18-4-7-25-23(31-3)15(18)2/h4-5,7-8,10-12H,6,9,13H2,1-3H3. The fourth-order valence-electron chi connectivity index (χ4n) is 4.15. The summed E-state index contributed by atoms with van der Waals surface area (Å²) in [4.78, 5) is 27.7. The summed E-state index contributed by atoms with van der Waals surface area (Å²) >= 11 is 0. The van der Waals surface area contributed by atoms with Crippen LogP contribution in [0.25, 0.3) is 16.8 Å². The summed E-state index contributed by atoms with van der Waals surface area (Å²) in [5.41, 5.74) is 6.67. The number of nitrogens with zero attached hydrogens (tertiary/aromatic N) is 6. The molecule has 0 aromatic carbocycles. The van der Waals surface area contributed by atoms with E-state index in [4.69, 9.17) is 9.72 Å². The second-order valence-electron chi connectivity index (χ2n) is 7.70. The Balaban J connectivity index is 1.53. The van der Waals surface area contributed by atoms with Crippen molar-refractivity contribution in [1.29, 1.82) is 0 Å². The third-order valence-corrected chi connectivity index (χ3v) is 5.74. The summed E-state index contributed by atoms with van der Waals surface area (Å²) in [5, 5.41) is 4.61. The Labute approximate surface area is 179 Å². The minimum atomic E-state index is -0.185. The molecule has 0 amide bonds. The van der Waals surface area contributed by atoms with Crippen LogP contribution >= 0.6 is 0 Å². The molecule has 8 nitrogen and oxygen atoms in total. The molecule has 0 radical (unpaired) electrons. The molecule has 0 saturated carbocycles. The molecule has 0 fully saturated rings. The quantitative estimate of drug-likeness (QED) is 0.509. The van der Waals surface area contributed by atoms with E-state index in [9.17, 15) is 4.79 Å². The van der Waals surface area contributed by atoms with Gasteiger partial charge < -0.3 is 9.64 Å². The largest absolute Gasteiger partial charge is 0.481 e. The van der Waals surface area contributed by atoms with Crippen LogP contribution in [0.4, 0.5) is 5.82 Å². The topological polar surface area (TPSA) is 85.5 Å². The van der Waals surface area contributed by atoms with Gasteiger partial charge in [0.15, 0.2) is 11.5 Å². The number of anilines is 1. The normalized spacial score (nSPS) is 13.3. The Morgan fingerprint density at radius 3 is 2.74 bits per heavy atom. The lowest BCUT2D eigenvalue weighted by Crippen LogP contribution is -2.33. The Morgan fingerprint density at radius 1 is 1.06 bits per heavy atom. The van der Waals surface area contributed by atoms with Gasteiger partial charge in [0.25, 0.3) is 5.56 Å². The van der Waals surface area contributed by atoms with E-state index >= 15 is 0 Å². The molecule has 0 N–H and O–H groups in total. The molecule has 4 aromatic heterocycles. The molecule has 5 heterocycles. The average Bonchev–Trinajstić information content (AvgIpc) is 2.78. The molecule has 0 atom stereocenters. The molecule has 5 rings (SSSR count). The summed E-state index contributed by atoms with van der Waals surface area (Å²) in [5.74, 6) is 1.41. The number of pyridine rings is 2. The van der Waals surface area contributed by atoms with Crippen molar-refractivity contribution in [2.24, 2.45) is 0 Å². The van der Waals surface area contributed by atoms with Crippen LogP contribution in [0.2, 0.25) is 0 Å². The van der Waals surface area contributed by atoms with Gasteiger partial charge in [0, 0.05) is 61.0 Å². The van der Waals surface area contributed by atoms with Gasteiger partial charge in [-0.2, -0.15) is 4.52 Å². The predicted molar refractivity (Wildman–Crippen MR) is 118 cm³/mol. The smallest absolute Gasteiger partial charge is 0.274 e. The van der Waals surface area contributed by atoms with Gasteiger partial charge >= 0.3 is 0 Å². The zero-order valence-corrected chi connectivity index (χ0v) is 17.7. The molecule has 0 spiro atoms.